The van der Waals surface area contributed by atoms with E-state index >= 15 is 0 Å². The Balaban J connectivity index is 1.67. The van der Waals surface area contributed by atoms with Crippen LogP contribution in [-0.4, -0.2) is 13.7 Å². The predicted molar refractivity (Wildman–Crippen MR) is 122 cm³/mol. The lowest BCUT2D eigenvalue weighted by atomic mass is 9.91. The molecule has 2 aromatic carbocycles. The molecule has 0 spiro atoms. The van der Waals surface area contributed by atoms with Gasteiger partial charge in [0.15, 0.2) is 0 Å². The number of allylic oxidation sites excluding steroid dienone is 4. The number of rotatable bonds is 7. The van der Waals surface area contributed by atoms with Crippen LogP contribution in [0.1, 0.15) is 17.5 Å². The van der Waals surface area contributed by atoms with Crippen LogP contribution in [0.3, 0.4) is 0 Å². The van der Waals surface area contributed by atoms with Crippen molar-refractivity contribution in [3.63, 3.8) is 0 Å². The quantitative estimate of drug-likeness (QED) is 0.608. The van der Waals surface area contributed by atoms with Gasteiger partial charge in [-0.2, -0.15) is 0 Å². The Labute approximate surface area is 181 Å². The minimum atomic E-state index is -0.512. The van der Waals surface area contributed by atoms with Crippen LogP contribution in [0.5, 0.6) is 5.75 Å². The monoisotopic (exact) mass is 418 g/mol. The first-order valence-corrected chi connectivity index (χ1v) is 10.0. The first-order valence-electron chi connectivity index (χ1n) is 10.0. The molecule has 2 aromatic rings. The molecule has 1 aliphatic heterocycles. The van der Waals surface area contributed by atoms with Gasteiger partial charge < -0.3 is 15.0 Å². The molecule has 1 aliphatic carbocycles. The molecule has 3 nitrogen and oxygen atoms in total. The van der Waals surface area contributed by atoms with Crippen LogP contribution in [-0.2, 0) is 6.54 Å². The number of hydrogen-bond donors (Lipinski definition) is 1. The van der Waals surface area contributed by atoms with E-state index in [-0.39, 0.29) is 11.3 Å². The molecule has 5 heteroatoms. The summed E-state index contributed by atoms with van der Waals surface area (Å²) in [5.41, 5.74) is 4.18. The number of ether oxygens (including phenoxy) is 1. The topological polar surface area (TPSA) is 24.5 Å². The average molecular weight is 418 g/mol. The Morgan fingerprint density at radius 1 is 1.13 bits per heavy atom. The van der Waals surface area contributed by atoms with Crippen LogP contribution in [0.25, 0.3) is 5.57 Å². The summed E-state index contributed by atoms with van der Waals surface area (Å²) < 4.78 is 34.8. The van der Waals surface area contributed by atoms with Crippen molar-refractivity contribution in [1.29, 1.82) is 0 Å². The van der Waals surface area contributed by atoms with E-state index in [1.807, 2.05) is 30.3 Å². The highest BCUT2D eigenvalue weighted by Gasteiger charge is 2.28. The van der Waals surface area contributed by atoms with Crippen LogP contribution in [0.4, 0.5) is 14.5 Å². The molecule has 4 rings (SSSR count). The number of nitrogens with one attached hydrogen (secondary N) is 1. The SMILES string of the molecule is C=C(NCC1=CC=CC1)C1=CN(Cc2ccc(OC)cc2)c2c(F)ccc(F)c2C1=C. The molecule has 0 saturated heterocycles. The van der Waals surface area contributed by atoms with Crippen LogP contribution in [0.15, 0.2) is 90.8 Å². The van der Waals surface area contributed by atoms with Crippen LogP contribution in [0, 0.1) is 11.6 Å². The van der Waals surface area contributed by atoms with Gasteiger partial charge in [-0.25, -0.2) is 8.78 Å². The van der Waals surface area contributed by atoms with E-state index in [1.165, 1.54) is 5.57 Å². The van der Waals surface area contributed by atoms with Crippen molar-refractivity contribution >= 4 is 11.3 Å². The summed E-state index contributed by atoms with van der Waals surface area (Å²) in [4.78, 5) is 1.71. The molecule has 158 valence electrons. The lowest BCUT2D eigenvalue weighted by molar-refractivity contribution is 0.414. The summed E-state index contributed by atoms with van der Waals surface area (Å²) >= 11 is 0. The zero-order chi connectivity index (χ0) is 22.0. The van der Waals surface area contributed by atoms with Gasteiger partial charge in [0.25, 0.3) is 0 Å². The molecule has 0 bridgehead atoms. The second-order valence-corrected chi connectivity index (χ2v) is 7.54. The van der Waals surface area contributed by atoms with E-state index in [0.29, 0.717) is 29.9 Å². The van der Waals surface area contributed by atoms with Gasteiger partial charge in [-0.3, -0.25) is 0 Å². The van der Waals surface area contributed by atoms with Crippen molar-refractivity contribution in [1.82, 2.24) is 5.32 Å². The van der Waals surface area contributed by atoms with Gasteiger partial charge in [-0.15, -0.1) is 0 Å². The van der Waals surface area contributed by atoms with Gasteiger partial charge in [-0.1, -0.05) is 43.5 Å². The largest absolute Gasteiger partial charge is 0.497 e. The molecule has 1 N–H and O–H groups in total. The van der Waals surface area contributed by atoms with Crippen LogP contribution < -0.4 is 15.0 Å². The third-order valence-corrected chi connectivity index (χ3v) is 5.49. The van der Waals surface area contributed by atoms with Crippen LogP contribution in [0.2, 0.25) is 0 Å². The molecule has 2 aliphatic rings. The van der Waals surface area contributed by atoms with Crippen molar-refractivity contribution in [2.24, 2.45) is 0 Å². The zero-order valence-corrected chi connectivity index (χ0v) is 17.4. The van der Waals surface area contributed by atoms with Gasteiger partial charge in [0.1, 0.15) is 17.4 Å². The molecular weight excluding hydrogens is 394 g/mol. The fourth-order valence-electron chi connectivity index (χ4n) is 3.79. The Bertz CT molecular complexity index is 1130. The van der Waals surface area contributed by atoms with E-state index in [9.17, 15) is 8.78 Å². The second kappa shape index (κ2) is 8.64. The van der Waals surface area contributed by atoms with Crippen molar-refractivity contribution in [3.8, 4) is 5.75 Å². The van der Waals surface area contributed by atoms with E-state index < -0.39 is 11.6 Å². The number of methoxy groups -OCH3 is 1. The van der Waals surface area contributed by atoms with E-state index in [1.54, 1.807) is 18.2 Å². The molecule has 0 unspecified atom stereocenters. The minimum Gasteiger partial charge on any atom is -0.497 e. The first-order chi connectivity index (χ1) is 15.0. The molecular formula is C26H24F2N2O. The highest BCUT2D eigenvalue weighted by molar-refractivity contribution is 5.92. The summed E-state index contributed by atoms with van der Waals surface area (Å²) in [6, 6.07) is 9.77. The Hall–Kier alpha value is -3.60. The van der Waals surface area contributed by atoms with Gasteiger partial charge in [0.2, 0.25) is 0 Å². The highest BCUT2D eigenvalue weighted by atomic mass is 19.1. The van der Waals surface area contributed by atoms with Crippen molar-refractivity contribution in [2.75, 3.05) is 18.6 Å². The number of benzene rings is 2. The number of nitrogens with zero attached hydrogens (tertiary/aromatic N) is 1. The normalized spacial score (nSPS) is 14.8. The maximum Gasteiger partial charge on any atom is 0.147 e. The number of anilines is 1. The third-order valence-electron chi connectivity index (χ3n) is 5.49. The maximum absolute atomic E-state index is 14.8. The molecule has 0 saturated carbocycles. The molecule has 0 fully saturated rings. The van der Waals surface area contributed by atoms with Crippen LogP contribution >= 0.6 is 0 Å². The Morgan fingerprint density at radius 3 is 2.55 bits per heavy atom. The number of fused-ring (bicyclic) bond motifs is 1. The lowest BCUT2D eigenvalue weighted by Gasteiger charge is -2.32. The molecule has 0 radical (unpaired) electrons. The molecule has 0 aromatic heterocycles. The van der Waals surface area contributed by atoms with Crippen molar-refractivity contribution < 1.29 is 13.5 Å². The van der Waals surface area contributed by atoms with Crippen molar-refractivity contribution in [2.45, 2.75) is 13.0 Å². The smallest absolute Gasteiger partial charge is 0.147 e. The number of hydrogen-bond acceptors (Lipinski definition) is 3. The fourth-order valence-corrected chi connectivity index (χ4v) is 3.79. The van der Waals surface area contributed by atoms with Gasteiger partial charge in [-0.05, 0) is 47.4 Å². The summed E-state index contributed by atoms with van der Waals surface area (Å²) in [6.45, 7) is 9.18. The number of halogens is 2. The Kier molecular flexibility index (Phi) is 5.76. The van der Waals surface area contributed by atoms with Crippen molar-refractivity contribution in [3.05, 3.63) is 114 Å². The van der Waals surface area contributed by atoms with Gasteiger partial charge in [0.05, 0.1) is 12.8 Å². The standard InChI is InChI=1S/C26H24F2N2O/c1-17-22(18(2)29-14-19-6-4-5-7-19)16-30(15-20-8-10-21(31-3)11-9-20)26-24(28)13-12-23(27)25(17)26/h4-6,8-13,16,29H,1-2,7,14-15H2,3H3. The average Bonchev–Trinajstić information content (AvgIpc) is 3.30. The minimum absolute atomic E-state index is 0.163. The lowest BCUT2D eigenvalue weighted by Crippen LogP contribution is -2.26. The van der Waals surface area contributed by atoms with Gasteiger partial charge >= 0.3 is 0 Å². The summed E-state index contributed by atoms with van der Waals surface area (Å²) in [7, 11) is 1.60. The van der Waals surface area contributed by atoms with Gasteiger partial charge in [0, 0.05) is 36.1 Å². The second-order valence-electron chi connectivity index (χ2n) is 7.54. The van der Waals surface area contributed by atoms with E-state index in [4.69, 9.17) is 4.74 Å². The molecule has 31 heavy (non-hydrogen) atoms. The molecule has 0 atom stereocenters. The fraction of sp³-hybridized carbons (Fsp3) is 0.154. The third kappa shape index (κ3) is 4.17. The molecule has 1 heterocycles. The van der Waals surface area contributed by atoms with E-state index in [2.05, 4.69) is 30.6 Å². The predicted octanol–water partition coefficient (Wildman–Crippen LogP) is 5.88. The summed E-state index contributed by atoms with van der Waals surface area (Å²) in [5.74, 6) is -0.276. The maximum atomic E-state index is 14.8. The Morgan fingerprint density at radius 2 is 1.87 bits per heavy atom. The summed E-state index contributed by atoms with van der Waals surface area (Å²) in [5, 5.41) is 3.30. The first kappa shape index (κ1) is 20.7. The summed E-state index contributed by atoms with van der Waals surface area (Å²) in [6.07, 6.45) is 8.85. The molecule has 0 amide bonds. The highest BCUT2D eigenvalue weighted by Crippen LogP contribution is 2.42. The van der Waals surface area contributed by atoms with E-state index in [0.717, 1.165) is 29.9 Å². The zero-order valence-electron chi connectivity index (χ0n) is 17.4.